The second-order valence-corrected chi connectivity index (χ2v) is 4.94. The molecule has 0 N–H and O–H groups in total. The summed E-state index contributed by atoms with van der Waals surface area (Å²) in [5, 5.41) is 0. The van der Waals surface area contributed by atoms with E-state index in [1.54, 1.807) is 7.11 Å². The van der Waals surface area contributed by atoms with E-state index in [-0.39, 0.29) is 11.9 Å². The number of methoxy groups -OCH3 is 1. The maximum absolute atomic E-state index is 11.8. The van der Waals surface area contributed by atoms with E-state index in [9.17, 15) is 4.79 Å². The summed E-state index contributed by atoms with van der Waals surface area (Å²) in [6, 6.07) is 7.75. The fourth-order valence-corrected chi connectivity index (χ4v) is 1.68. The number of hydrogen-bond donors (Lipinski definition) is 0. The summed E-state index contributed by atoms with van der Waals surface area (Å²) in [5.74, 6) is 0.892. The van der Waals surface area contributed by atoms with Crippen LogP contribution >= 0.6 is 0 Å². The lowest BCUT2D eigenvalue weighted by Gasteiger charge is -2.14. The summed E-state index contributed by atoms with van der Waals surface area (Å²) in [7, 11) is 1.64. The first-order valence-corrected chi connectivity index (χ1v) is 6.33. The van der Waals surface area contributed by atoms with Crippen LogP contribution < -0.4 is 4.74 Å². The normalized spacial score (nSPS) is 12.3. The zero-order chi connectivity index (χ0) is 13.5. The highest BCUT2D eigenvalue weighted by Crippen LogP contribution is 2.21. The molecule has 0 amide bonds. The topological polar surface area (TPSA) is 35.5 Å². The minimum Gasteiger partial charge on any atom is -0.496 e. The maximum atomic E-state index is 11.8. The highest BCUT2D eigenvalue weighted by molar-refractivity contribution is 5.72. The van der Waals surface area contributed by atoms with Crippen molar-refractivity contribution in [1.29, 1.82) is 0 Å². The minimum absolute atomic E-state index is 0.144. The van der Waals surface area contributed by atoms with Crippen LogP contribution in [-0.2, 0) is 16.0 Å². The monoisotopic (exact) mass is 250 g/mol. The molecule has 1 rings (SSSR count). The standard InChI is InChI=1S/C15H22O3/c1-11(2)10-18-15(16)12(3)9-13-7-5-6-8-14(13)17-4/h5-8,11-12H,9-10H2,1-4H3. The molecule has 18 heavy (non-hydrogen) atoms. The molecule has 0 aliphatic rings. The van der Waals surface area contributed by atoms with Crippen LogP contribution in [0.25, 0.3) is 0 Å². The van der Waals surface area contributed by atoms with Crippen molar-refractivity contribution >= 4 is 5.97 Å². The fourth-order valence-electron chi connectivity index (χ4n) is 1.68. The van der Waals surface area contributed by atoms with Crippen molar-refractivity contribution in [2.45, 2.75) is 27.2 Å². The molecule has 0 fully saturated rings. The molecule has 0 heterocycles. The molecule has 3 nitrogen and oxygen atoms in total. The Hall–Kier alpha value is -1.51. The zero-order valence-electron chi connectivity index (χ0n) is 11.6. The van der Waals surface area contributed by atoms with Crippen molar-refractivity contribution in [2.24, 2.45) is 11.8 Å². The molecule has 1 aromatic rings. The molecule has 0 aliphatic heterocycles. The molecule has 0 saturated heterocycles. The maximum Gasteiger partial charge on any atom is 0.308 e. The van der Waals surface area contributed by atoms with Gasteiger partial charge >= 0.3 is 5.97 Å². The summed E-state index contributed by atoms with van der Waals surface area (Å²) in [5.41, 5.74) is 1.04. The van der Waals surface area contributed by atoms with Crippen molar-refractivity contribution in [3.63, 3.8) is 0 Å². The number of carbonyl (C=O) groups excluding carboxylic acids is 1. The van der Waals surface area contributed by atoms with Crippen LogP contribution in [0.4, 0.5) is 0 Å². The predicted octanol–water partition coefficient (Wildman–Crippen LogP) is 3.07. The van der Waals surface area contributed by atoms with Crippen LogP contribution in [0.2, 0.25) is 0 Å². The highest BCUT2D eigenvalue weighted by atomic mass is 16.5. The van der Waals surface area contributed by atoms with E-state index in [0.29, 0.717) is 18.9 Å². The highest BCUT2D eigenvalue weighted by Gasteiger charge is 2.17. The molecule has 0 saturated carbocycles. The van der Waals surface area contributed by atoms with Gasteiger partial charge in [0.05, 0.1) is 19.6 Å². The first kappa shape index (κ1) is 14.6. The Balaban J connectivity index is 2.58. The van der Waals surface area contributed by atoms with Crippen LogP contribution in [0.5, 0.6) is 5.75 Å². The van der Waals surface area contributed by atoms with Gasteiger partial charge < -0.3 is 9.47 Å². The Morgan fingerprint density at radius 3 is 2.50 bits per heavy atom. The number of ether oxygens (including phenoxy) is 2. The van der Waals surface area contributed by atoms with E-state index in [2.05, 4.69) is 0 Å². The molecule has 100 valence electrons. The second kappa shape index (κ2) is 7.04. The van der Waals surface area contributed by atoms with Crippen molar-refractivity contribution in [3.8, 4) is 5.75 Å². The average molecular weight is 250 g/mol. The van der Waals surface area contributed by atoms with Crippen LogP contribution in [0.1, 0.15) is 26.3 Å². The lowest BCUT2D eigenvalue weighted by Crippen LogP contribution is -2.19. The van der Waals surface area contributed by atoms with E-state index in [1.165, 1.54) is 0 Å². The molecule has 0 spiro atoms. The van der Waals surface area contributed by atoms with Gasteiger partial charge in [0.2, 0.25) is 0 Å². The van der Waals surface area contributed by atoms with Gasteiger partial charge in [-0.1, -0.05) is 39.0 Å². The van der Waals surface area contributed by atoms with Crippen molar-refractivity contribution in [2.75, 3.05) is 13.7 Å². The van der Waals surface area contributed by atoms with Crippen molar-refractivity contribution in [3.05, 3.63) is 29.8 Å². The Bertz CT molecular complexity index is 385. The molecule has 3 heteroatoms. The van der Waals surface area contributed by atoms with Gasteiger partial charge in [0.1, 0.15) is 5.75 Å². The van der Waals surface area contributed by atoms with Crippen LogP contribution in [0.15, 0.2) is 24.3 Å². The average Bonchev–Trinajstić information content (AvgIpc) is 2.36. The summed E-state index contributed by atoms with van der Waals surface area (Å²) >= 11 is 0. The molecular weight excluding hydrogens is 228 g/mol. The summed E-state index contributed by atoms with van der Waals surface area (Å²) in [4.78, 5) is 11.8. The van der Waals surface area contributed by atoms with Gasteiger partial charge in [0.15, 0.2) is 0 Å². The third kappa shape index (κ3) is 4.40. The Morgan fingerprint density at radius 2 is 1.89 bits per heavy atom. The summed E-state index contributed by atoms with van der Waals surface area (Å²) in [6.45, 7) is 6.42. The molecular formula is C15H22O3. The molecule has 0 aromatic heterocycles. The lowest BCUT2D eigenvalue weighted by molar-refractivity contribution is -0.149. The van der Waals surface area contributed by atoms with Gasteiger partial charge in [-0.3, -0.25) is 4.79 Å². The third-order valence-electron chi connectivity index (χ3n) is 2.68. The van der Waals surface area contributed by atoms with Gasteiger partial charge in [0, 0.05) is 0 Å². The Kier molecular flexibility index (Phi) is 5.69. The molecule has 1 unspecified atom stereocenters. The van der Waals surface area contributed by atoms with E-state index in [1.807, 2.05) is 45.0 Å². The van der Waals surface area contributed by atoms with Crippen molar-refractivity contribution < 1.29 is 14.3 Å². The van der Waals surface area contributed by atoms with Crippen LogP contribution in [-0.4, -0.2) is 19.7 Å². The molecule has 0 radical (unpaired) electrons. The molecule has 0 bridgehead atoms. The largest absolute Gasteiger partial charge is 0.496 e. The summed E-state index contributed by atoms with van der Waals surface area (Å²) < 4.78 is 10.5. The number of hydrogen-bond acceptors (Lipinski definition) is 3. The van der Waals surface area contributed by atoms with Crippen LogP contribution in [0, 0.1) is 11.8 Å². The first-order valence-electron chi connectivity index (χ1n) is 6.33. The quantitative estimate of drug-likeness (QED) is 0.728. The first-order chi connectivity index (χ1) is 8.54. The van der Waals surface area contributed by atoms with Gasteiger partial charge in [-0.05, 0) is 24.0 Å². The van der Waals surface area contributed by atoms with Crippen molar-refractivity contribution in [1.82, 2.24) is 0 Å². The fraction of sp³-hybridized carbons (Fsp3) is 0.533. The smallest absolute Gasteiger partial charge is 0.308 e. The minimum atomic E-state index is -0.153. The predicted molar refractivity (Wildman–Crippen MR) is 71.7 cm³/mol. The van der Waals surface area contributed by atoms with Gasteiger partial charge in [0.25, 0.3) is 0 Å². The van der Waals surface area contributed by atoms with E-state index >= 15 is 0 Å². The van der Waals surface area contributed by atoms with Gasteiger partial charge in [-0.2, -0.15) is 0 Å². The number of esters is 1. The second-order valence-electron chi connectivity index (χ2n) is 4.94. The number of carbonyl (C=O) groups is 1. The zero-order valence-corrected chi connectivity index (χ0v) is 11.6. The summed E-state index contributed by atoms with van der Waals surface area (Å²) in [6.07, 6.45) is 0.640. The van der Waals surface area contributed by atoms with Gasteiger partial charge in [-0.25, -0.2) is 0 Å². The molecule has 0 aliphatic carbocycles. The van der Waals surface area contributed by atoms with E-state index < -0.39 is 0 Å². The number of benzene rings is 1. The Morgan fingerprint density at radius 1 is 1.22 bits per heavy atom. The van der Waals surface area contributed by atoms with Crippen LogP contribution in [0.3, 0.4) is 0 Å². The van der Waals surface area contributed by atoms with E-state index in [0.717, 1.165) is 11.3 Å². The number of para-hydroxylation sites is 1. The Labute approximate surface area is 109 Å². The lowest BCUT2D eigenvalue weighted by atomic mass is 10.0. The third-order valence-corrected chi connectivity index (χ3v) is 2.68. The number of rotatable bonds is 6. The molecule has 1 atom stereocenters. The SMILES string of the molecule is COc1ccccc1CC(C)C(=O)OCC(C)C. The van der Waals surface area contributed by atoms with Gasteiger partial charge in [-0.15, -0.1) is 0 Å². The molecule has 1 aromatic carbocycles. The van der Waals surface area contributed by atoms with E-state index in [4.69, 9.17) is 9.47 Å².